The third kappa shape index (κ3) is 5.77. The SMILES string of the molecule is CC(=O)C=CC(C)(C)CSc1ccc(C(F)(F)F)cn1. The number of rotatable bonds is 5. The smallest absolute Gasteiger partial charge is 0.295 e. The summed E-state index contributed by atoms with van der Waals surface area (Å²) in [7, 11) is 0. The highest BCUT2D eigenvalue weighted by Crippen LogP contribution is 2.31. The van der Waals surface area contributed by atoms with Crippen molar-refractivity contribution in [1.29, 1.82) is 0 Å². The lowest BCUT2D eigenvalue weighted by atomic mass is 9.95. The number of nitrogens with zero attached hydrogens (tertiary/aromatic N) is 1. The highest BCUT2D eigenvalue weighted by atomic mass is 32.2. The Bertz CT molecular complexity index is 492. The van der Waals surface area contributed by atoms with Gasteiger partial charge in [0.25, 0.3) is 0 Å². The maximum Gasteiger partial charge on any atom is 0.417 e. The molecule has 0 spiro atoms. The van der Waals surface area contributed by atoms with Gasteiger partial charge in [0.2, 0.25) is 0 Å². The fourth-order valence-corrected chi connectivity index (χ4v) is 2.19. The lowest BCUT2D eigenvalue weighted by Gasteiger charge is -2.19. The fraction of sp³-hybridized carbons (Fsp3) is 0.429. The van der Waals surface area contributed by atoms with Crippen LogP contribution in [0.1, 0.15) is 26.3 Å². The van der Waals surface area contributed by atoms with Crippen molar-refractivity contribution < 1.29 is 18.0 Å². The Kier molecular flexibility index (Phi) is 5.39. The fourth-order valence-electron chi connectivity index (χ4n) is 1.28. The lowest BCUT2D eigenvalue weighted by Crippen LogP contribution is -2.11. The molecule has 1 heterocycles. The summed E-state index contributed by atoms with van der Waals surface area (Å²) in [6, 6.07) is 2.38. The van der Waals surface area contributed by atoms with E-state index in [0.29, 0.717) is 10.8 Å². The van der Waals surface area contributed by atoms with Gasteiger partial charge in [-0.15, -0.1) is 11.8 Å². The van der Waals surface area contributed by atoms with Crippen LogP contribution in [0.15, 0.2) is 35.5 Å². The predicted molar refractivity (Wildman–Crippen MR) is 73.6 cm³/mol. The van der Waals surface area contributed by atoms with Gasteiger partial charge in [-0.2, -0.15) is 13.2 Å². The number of ketones is 1. The van der Waals surface area contributed by atoms with Crippen LogP contribution in [-0.2, 0) is 11.0 Å². The first-order valence-electron chi connectivity index (χ1n) is 5.96. The minimum Gasteiger partial charge on any atom is -0.295 e. The van der Waals surface area contributed by atoms with Gasteiger partial charge in [-0.1, -0.05) is 19.9 Å². The zero-order chi connectivity index (χ0) is 15.4. The highest BCUT2D eigenvalue weighted by molar-refractivity contribution is 7.99. The number of allylic oxidation sites excluding steroid dienone is 2. The maximum atomic E-state index is 12.4. The van der Waals surface area contributed by atoms with Gasteiger partial charge in [-0.3, -0.25) is 4.79 Å². The topological polar surface area (TPSA) is 30.0 Å². The van der Waals surface area contributed by atoms with E-state index in [1.54, 1.807) is 6.08 Å². The van der Waals surface area contributed by atoms with Crippen LogP contribution in [0, 0.1) is 5.41 Å². The molecule has 1 rings (SSSR count). The molecule has 0 saturated carbocycles. The molecule has 0 radical (unpaired) electrons. The summed E-state index contributed by atoms with van der Waals surface area (Å²) in [5.74, 6) is 0.588. The maximum absolute atomic E-state index is 12.4. The molecule has 0 bridgehead atoms. The van der Waals surface area contributed by atoms with E-state index >= 15 is 0 Å². The Labute approximate surface area is 120 Å². The van der Waals surface area contributed by atoms with Crippen LogP contribution in [-0.4, -0.2) is 16.5 Å². The number of pyridine rings is 1. The highest BCUT2D eigenvalue weighted by Gasteiger charge is 2.30. The molecule has 0 unspecified atom stereocenters. The molecular weight excluding hydrogens is 287 g/mol. The van der Waals surface area contributed by atoms with Crippen molar-refractivity contribution in [1.82, 2.24) is 4.98 Å². The van der Waals surface area contributed by atoms with E-state index in [1.165, 1.54) is 30.8 Å². The Morgan fingerprint density at radius 1 is 1.35 bits per heavy atom. The zero-order valence-electron chi connectivity index (χ0n) is 11.5. The second-order valence-corrected chi connectivity index (χ2v) is 6.10. The summed E-state index contributed by atoms with van der Waals surface area (Å²) in [5, 5.41) is 0.530. The Hall–Kier alpha value is -1.30. The van der Waals surface area contributed by atoms with Gasteiger partial charge in [0.05, 0.1) is 10.6 Å². The van der Waals surface area contributed by atoms with E-state index in [9.17, 15) is 18.0 Å². The van der Waals surface area contributed by atoms with E-state index in [1.807, 2.05) is 13.8 Å². The summed E-state index contributed by atoms with van der Waals surface area (Å²) in [4.78, 5) is 14.7. The van der Waals surface area contributed by atoms with E-state index in [4.69, 9.17) is 0 Å². The number of carbonyl (C=O) groups excluding carboxylic acids is 1. The normalized spacial score (nSPS) is 12.9. The summed E-state index contributed by atoms with van der Waals surface area (Å²) >= 11 is 1.36. The molecule has 0 N–H and O–H groups in total. The molecule has 0 aromatic carbocycles. The number of alkyl halides is 3. The molecule has 20 heavy (non-hydrogen) atoms. The van der Waals surface area contributed by atoms with Crippen LogP contribution in [0.25, 0.3) is 0 Å². The summed E-state index contributed by atoms with van der Waals surface area (Å²) in [6.45, 7) is 5.37. The molecule has 0 aliphatic heterocycles. The minimum atomic E-state index is -4.36. The molecule has 0 atom stereocenters. The van der Waals surface area contributed by atoms with Crippen molar-refractivity contribution in [2.45, 2.75) is 32.0 Å². The predicted octanol–water partition coefficient (Wildman–Crippen LogP) is 4.36. The summed E-state index contributed by atoms with van der Waals surface area (Å²) < 4.78 is 37.1. The molecule has 110 valence electrons. The van der Waals surface area contributed by atoms with Gasteiger partial charge >= 0.3 is 6.18 Å². The van der Waals surface area contributed by atoms with E-state index in [-0.39, 0.29) is 11.2 Å². The van der Waals surface area contributed by atoms with Crippen molar-refractivity contribution in [2.24, 2.45) is 5.41 Å². The molecule has 1 aromatic heterocycles. The third-order valence-corrected chi connectivity index (χ3v) is 3.85. The molecule has 0 saturated heterocycles. The van der Waals surface area contributed by atoms with Crippen LogP contribution in [0.5, 0.6) is 0 Å². The second-order valence-electron chi connectivity index (χ2n) is 5.10. The van der Waals surface area contributed by atoms with Crippen molar-refractivity contribution in [3.05, 3.63) is 36.0 Å². The number of carbonyl (C=O) groups is 1. The molecule has 0 amide bonds. The Morgan fingerprint density at radius 2 is 2.00 bits per heavy atom. The third-order valence-electron chi connectivity index (χ3n) is 2.42. The first kappa shape index (κ1) is 16.8. The van der Waals surface area contributed by atoms with Crippen molar-refractivity contribution in [3.63, 3.8) is 0 Å². The van der Waals surface area contributed by atoms with Crippen LogP contribution in [0.3, 0.4) is 0 Å². The minimum absolute atomic E-state index is 0.0317. The molecule has 0 aliphatic carbocycles. The van der Waals surface area contributed by atoms with E-state index < -0.39 is 11.7 Å². The molecular formula is C14H16F3NOS. The number of hydrogen-bond donors (Lipinski definition) is 0. The van der Waals surface area contributed by atoms with Gasteiger partial charge in [0.1, 0.15) is 0 Å². The van der Waals surface area contributed by atoms with Gasteiger partial charge in [-0.25, -0.2) is 4.98 Å². The first-order chi connectivity index (χ1) is 9.10. The van der Waals surface area contributed by atoms with Crippen molar-refractivity contribution >= 4 is 17.5 Å². The average molecular weight is 303 g/mol. The second kappa shape index (κ2) is 6.43. The average Bonchev–Trinajstić information content (AvgIpc) is 2.34. The van der Waals surface area contributed by atoms with E-state index in [0.717, 1.165) is 12.3 Å². The Balaban J connectivity index is 2.64. The molecule has 1 aromatic rings. The van der Waals surface area contributed by atoms with Gasteiger partial charge in [0.15, 0.2) is 5.78 Å². The zero-order valence-corrected chi connectivity index (χ0v) is 12.3. The van der Waals surface area contributed by atoms with Crippen LogP contribution in [0.2, 0.25) is 0 Å². The monoisotopic (exact) mass is 303 g/mol. The molecule has 0 aliphatic rings. The van der Waals surface area contributed by atoms with Crippen LogP contribution >= 0.6 is 11.8 Å². The van der Waals surface area contributed by atoms with Crippen molar-refractivity contribution in [3.8, 4) is 0 Å². The van der Waals surface area contributed by atoms with E-state index in [2.05, 4.69) is 4.98 Å². The summed E-state index contributed by atoms with van der Waals surface area (Å²) in [5.41, 5.74) is -0.988. The largest absolute Gasteiger partial charge is 0.417 e. The lowest BCUT2D eigenvalue weighted by molar-refractivity contribution is -0.137. The van der Waals surface area contributed by atoms with Gasteiger partial charge < -0.3 is 0 Å². The number of halogens is 3. The van der Waals surface area contributed by atoms with Crippen LogP contribution < -0.4 is 0 Å². The number of hydrogen-bond acceptors (Lipinski definition) is 3. The van der Waals surface area contributed by atoms with Crippen LogP contribution in [0.4, 0.5) is 13.2 Å². The number of thioether (sulfide) groups is 1. The Morgan fingerprint density at radius 3 is 2.45 bits per heavy atom. The molecule has 6 heteroatoms. The van der Waals surface area contributed by atoms with Gasteiger partial charge in [0, 0.05) is 11.9 Å². The molecule has 0 fully saturated rings. The van der Waals surface area contributed by atoms with Gasteiger partial charge in [-0.05, 0) is 30.5 Å². The molecule has 2 nitrogen and oxygen atoms in total. The quantitative estimate of drug-likeness (QED) is 0.598. The number of aromatic nitrogens is 1. The summed E-state index contributed by atoms with van der Waals surface area (Å²) in [6.07, 6.45) is -0.229. The first-order valence-corrected chi connectivity index (χ1v) is 6.94. The van der Waals surface area contributed by atoms with Crippen molar-refractivity contribution in [2.75, 3.05) is 5.75 Å². The standard InChI is InChI=1S/C14H16F3NOS/c1-10(19)6-7-13(2,3)9-20-12-5-4-11(8-18-12)14(15,16)17/h4-8H,9H2,1-3H3.